The molecule has 2 heterocycles. The molecule has 1 saturated heterocycles. The monoisotopic (exact) mass is 262 g/mol. The number of nitrogens with two attached hydrogens (primary N) is 1. The van der Waals surface area contributed by atoms with Crippen molar-refractivity contribution in [2.24, 2.45) is 5.73 Å². The van der Waals surface area contributed by atoms with Gasteiger partial charge in [0.05, 0.1) is 0 Å². The second-order valence-corrected chi connectivity index (χ2v) is 5.78. The first-order chi connectivity index (χ1) is 9.11. The Kier molecular flexibility index (Phi) is 4.91. The van der Waals surface area contributed by atoms with Crippen molar-refractivity contribution in [3.8, 4) is 0 Å². The maximum absolute atomic E-state index is 6.03. The highest BCUT2D eigenvalue weighted by molar-refractivity contribution is 5.18. The van der Waals surface area contributed by atoms with Gasteiger partial charge in [-0.3, -0.25) is 9.88 Å². The lowest BCUT2D eigenvalue weighted by atomic mass is 10.1. The molecule has 19 heavy (non-hydrogen) atoms. The lowest BCUT2D eigenvalue weighted by Crippen LogP contribution is -2.42. The number of pyridine rings is 1. The number of nitrogens with zero attached hydrogens (tertiary/aromatic N) is 3. The van der Waals surface area contributed by atoms with E-state index in [1.54, 1.807) is 0 Å². The second kappa shape index (κ2) is 6.46. The number of hydrogen-bond acceptors (Lipinski definition) is 4. The average molecular weight is 262 g/mol. The maximum Gasteiger partial charge on any atom is 0.0489 e. The Bertz CT molecular complexity index is 388. The van der Waals surface area contributed by atoms with Crippen LogP contribution in [0.4, 0.5) is 0 Å². The lowest BCUT2D eigenvalue weighted by Gasteiger charge is -2.34. The zero-order valence-electron chi connectivity index (χ0n) is 12.3. The van der Waals surface area contributed by atoms with Crippen molar-refractivity contribution in [3.63, 3.8) is 0 Å². The Hall–Kier alpha value is -0.970. The van der Waals surface area contributed by atoms with Crippen molar-refractivity contribution in [3.05, 3.63) is 29.6 Å². The highest BCUT2D eigenvalue weighted by Crippen LogP contribution is 2.28. The predicted octanol–water partition coefficient (Wildman–Crippen LogP) is 1.42. The van der Waals surface area contributed by atoms with Gasteiger partial charge in [0.1, 0.15) is 0 Å². The molecule has 0 saturated carbocycles. The molecule has 1 aliphatic rings. The minimum atomic E-state index is 0.306. The average Bonchev–Trinajstić information content (AvgIpc) is 2.80. The van der Waals surface area contributed by atoms with Crippen molar-refractivity contribution in [2.75, 3.05) is 33.7 Å². The molecule has 0 bridgehead atoms. The summed E-state index contributed by atoms with van der Waals surface area (Å²) in [6, 6.07) is 5.17. The van der Waals surface area contributed by atoms with Crippen LogP contribution in [0.1, 0.15) is 30.1 Å². The molecule has 0 aromatic carbocycles. The van der Waals surface area contributed by atoms with Gasteiger partial charge in [0.2, 0.25) is 0 Å². The van der Waals surface area contributed by atoms with Gasteiger partial charge < -0.3 is 10.6 Å². The van der Waals surface area contributed by atoms with Crippen LogP contribution in [0.5, 0.6) is 0 Å². The number of likely N-dealkylation sites (tertiary alicyclic amines) is 1. The van der Waals surface area contributed by atoms with E-state index in [0.29, 0.717) is 18.6 Å². The van der Waals surface area contributed by atoms with Crippen LogP contribution >= 0.6 is 0 Å². The normalized spacial score (nSPS) is 22.1. The van der Waals surface area contributed by atoms with E-state index >= 15 is 0 Å². The third kappa shape index (κ3) is 3.53. The van der Waals surface area contributed by atoms with Crippen LogP contribution in [0.25, 0.3) is 0 Å². The Morgan fingerprint density at radius 3 is 2.84 bits per heavy atom. The Balaban J connectivity index is 2.14. The fourth-order valence-electron chi connectivity index (χ4n) is 3.03. The van der Waals surface area contributed by atoms with Crippen LogP contribution in [0.3, 0.4) is 0 Å². The molecular formula is C15H26N4. The summed E-state index contributed by atoms with van der Waals surface area (Å²) in [5, 5.41) is 0. The van der Waals surface area contributed by atoms with Gasteiger partial charge in [-0.25, -0.2) is 0 Å². The van der Waals surface area contributed by atoms with Gasteiger partial charge in [0.15, 0.2) is 0 Å². The number of likely N-dealkylation sites (N-methyl/N-ethyl adjacent to an activating group) is 1. The van der Waals surface area contributed by atoms with E-state index in [1.165, 1.54) is 18.4 Å². The molecule has 0 spiro atoms. The fourth-order valence-corrected chi connectivity index (χ4v) is 3.03. The molecule has 106 valence electrons. The molecule has 2 unspecified atom stereocenters. The highest BCUT2D eigenvalue weighted by atomic mass is 15.2. The molecule has 0 radical (unpaired) electrons. The summed E-state index contributed by atoms with van der Waals surface area (Å²) in [7, 11) is 4.28. The first-order valence-corrected chi connectivity index (χ1v) is 7.15. The minimum absolute atomic E-state index is 0.306. The smallest absolute Gasteiger partial charge is 0.0489 e. The van der Waals surface area contributed by atoms with Gasteiger partial charge >= 0.3 is 0 Å². The third-order valence-electron chi connectivity index (χ3n) is 3.94. The van der Waals surface area contributed by atoms with Gasteiger partial charge in [-0.05, 0) is 52.0 Å². The molecule has 2 N–H and O–H groups in total. The molecule has 4 nitrogen and oxygen atoms in total. The molecular weight excluding hydrogens is 236 g/mol. The minimum Gasteiger partial charge on any atom is -0.329 e. The van der Waals surface area contributed by atoms with E-state index < -0.39 is 0 Å². The molecule has 1 aromatic heterocycles. The van der Waals surface area contributed by atoms with Crippen molar-refractivity contribution in [2.45, 2.75) is 31.8 Å². The zero-order valence-corrected chi connectivity index (χ0v) is 12.3. The first kappa shape index (κ1) is 14.4. The standard InChI is InChI=1S/C15H26N4/c1-12-6-7-13(10-17-12)15(9-16)19-8-4-5-14(19)11-18(2)3/h6-7,10,14-15H,4-5,8-9,11,16H2,1-3H3. The van der Waals surface area contributed by atoms with Crippen LogP contribution in [0.2, 0.25) is 0 Å². The number of aromatic nitrogens is 1. The van der Waals surface area contributed by atoms with Gasteiger partial charge in [-0.2, -0.15) is 0 Å². The van der Waals surface area contributed by atoms with Crippen molar-refractivity contribution >= 4 is 0 Å². The summed E-state index contributed by atoms with van der Waals surface area (Å²) < 4.78 is 0. The zero-order chi connectivity index (χ0) is 13.8. The fraction of sp³-hybridized carbons (Fsp3) is 0.667. The van der Waals surface area contributed by atoms with E-state index in [0.717, 1.165) is 18.8 Å². The summed E-state index contributed by atoms with van der Waals surface area (Å²) in [6.07, 6.45) is 4.53. The van der Waals surface area contributed by atoms with Crippen LogP contribution < -0.4 is 5.73 Å². The topological polar surface area (TPSA) is 45.4 Å². The van der Waals surface area contributed by atoms with Gasteiger partial charge in [0.25, 0.3) is 0 Å². The number of aryl methyl sites for hydroxylation is 1. The van der Waals surface area contributed by atoms with E-state index in [1.807, 2.05) is 13.1 Å². The van der Waals surface area contributed by atoms with Crippen LogP contribution in [-0.4, -0.2) is 54.6 Å². The van der Waals surface area contributed by atoms with Crippen molar-refractivity contribution < 1.29 is 0 Å². The Labute approximate surface area is 116 Å². The molecule has 0 amide bonds. The van der Waals surface area contributed by atoms with Gasteiger partial charge in [-0.15, -0.1) is 0 Å². The lowest BCUT2D eigenvalue weighted by molar-refractivity contribution is 0.155. The number of rotatable bonds is 5. The van der Waals surface area contributed by atoms with E-state index in [-0.39, 0.29) is 0 Å². The van der Waals surface area contributed by atoms with Crippen LogP contribution in [0, 0.1) is 6.92 Å². The van der Waals surface area contributed by atoms with E-state index in [2.05, 4.69) is 41.0 Å². The molecule has 4 heteroatoms. The van der Waals surface area contributed by atoms with Gasteiger partial charge in [0, 0.05) is 37.1 Å². The number of hydrogen-bond donors (Lipinski definition) is 1. The molecule has 1 aliphatic heterocycles. The summed E-state index contributed by atoms with van der Waals surface area (Å²) in [6.45, 7) is 4.94. The Morgan fingerprint density at radius 1 is 1.47 bits per heavy atom. The largest absolute Gasteiger partial charge is 0.329 e. The molecule has 2 atom stereocenters. The summed E-state index contributed by atoms with van der Waals surface area (Å²) in [5.41, 5.74) is 8.34. The third-order valence-corrected chi connectivity index (χ3v) is 3.94. The van der Waals surface area contributed by atoms with Gasteiger partial charge in [-0.1, -0.05) is 6.07 Å². The van der Waals surface area contributed by atoms with Crippen molar-refractivity contribution in [1.29, 1.82) is 0 Å². The predicted molar refractivity (Wildman–Crippen MR) is 79.1 cm³/mol. The SMILES string of the molecule is Cc1ccc(C(CN)N2CCCC2CN(C)C)cn1. The first-order valence-electron chi connectivity index (χ1n) is 7.15. The highest BCUT2D eigenvalue weighted by Gasteiger charge is 2.31. The molecule has 1 fully saturated rings. The van der Waals surface area contributed by atoms with Crippen LogP contribution in [0.15, 0.2) is 18.3 Å². The van der Waals surface area contributed by atoms with E-state index in [4.69, 9.17) is 5.73 Å². The molecule has 0 aliphatic carbocycles. The summed E-state index contributed by atoms with van der Waals surface area (Å²) in [4.78, 5) is 9.24. The summed E-state index contributed by atoms with van der Waals surface area (Å²) in [5.74, 6) is 0. The maximum atomic E-state index is 6.03. The second-order valence-electron chi connectivity index (χ2n) is 5.78. The quantitative estimate of drug-likeness (QED) is 0.871. The van der Waals surface area contributed by atoms with Crippen molar-refractivity contribution in [1.82, 2.24) is 14.8 Å². The van der Waals surface area contributed by atoms with Crippen LogP contribution in [-0.2, 0) is 0 Å². The Morgan fingerprint density at radius 2 is 2.26 bits per heavy atom. The van der Waals surface area contributed by atoms with E-state index in [9.17, 15) is 0 Å². The summed E-state index contributed by atoms with van der Waals surface area (Å²) >= 11 is 0. The molecule has 2 rings (SSSR count). The molecule has 1 aromatic rings.